The second-order valence-electron chi connectivity index (χ2n) is 4.83. The van der Waals surface area contributed by atoms with Gasteiger partial charge in [-0.15, -0.1) is 21.5 Å². The van der Waals surface area contributed by atoms with Crippen molar-refractivity contribution in [1.29, 1.82) is 0 Å². The number of imidazole rings is 1. The predicted molar refractivity (Wildman–Crippen MR) is 89.6 cm³/mol. The third-order valence-electron chi connectivity index (χ3n) is 3.06. The van der Waals surface area contributed by atoms with Gasteiger partial charge in [-0.25, -0.2) is 9.97 Å². The summed E-state index contributed by atoms with van der Waals surface area (Å²) in [6, 6.07) is 3.22. The zero-order valence-corrected chi connectivity index (χ0v) is 14.1. The zero-order chi connectivity index (χ0) is 17.6. The van der Waals surface area contributed by atoms with Gasteiger partial charge in [0.1, 0.15) is 6.33 Å². The van der Waals surface area contributed by atoms with Crippen LogP contribution in [-0.2, 0) is 16.0 Å². The van der Waals surface area contributed by atoms with Crippen LogP contribution in [0.3, 0.4) is 0 Å². The van der Waals surface area contributed by atoms with Gasteiger partial charge in [0.25, 0.3) is 5.91 Å². The van der Waals surface area contributed by atoms with E-state index >= 15 is 0 Å². The predicted octanol–water partition coefficient (Wildman–Crippen LogP) is 1.48. The van der Waals surface area contributed by atoms with Gasteiger partial charge in [-0.1, -0.05) is 0 Å². The molecule has 0 aliphatic carbocycles. The van der Waals surface area contributed by atoms with Crippen molar-refractivity contribution in [1.82, 2.24) is 24.7 Å². The van der Waals surface area contributed by atoms with Crippen molar-refractivity contribution in [3.05, 3.63) is 47.6 Å². The first-order valence-corrected chi connectivity index (χ1v) is 8.27. The van der Waals surface area contributed by atoms with E-state index in [1.54, 1.807) is 47.7 Å². The molecule has 0 atom stereocenters. The van der Waals surface area contributed by atoms with Crippen LogP contribution in [0.1, 0.15) is 23.1 Å². The molecule has 0 saturated heterocycles. The molecular weight excluding hydrogens is 344 g/mol. The van der Waals surface area contributed by atoms with Gasteiger partial charge in [0, 0.05) is 17.8 Å². The minimum Gasteiger partial charge on any atom is -0.466 e. The van der Waals surface area contributed by atoms with Crippen LogP contribution >= 0.6 is 11.3 Å². The molecule has 0 unspecified atom stereocenters. The second-order valence-corrected chi connectivity index (χ2v) is 5.68. The van der Waals surface area contributed by atoms with Gasteiger partial charge < -0.3 is 4.74 Å². The van der Waals surface area contributed by atoms with E-state index in [2.05, 4.69) is 25.5 Å². The van der Waals surface area contributed by atoms with Crippen LogP contribution < -0.4 is 5.32 Å². The topological polar surface area (TPSA) is 112 Å². The molecule has 9 nitrogen and oxygen atoms in total. The third-order valence-corrected chi connectivity index (χ3v) is 3.86. The van der Waals surface area contributed by atoms with Crippen LogP contribution in [0.25, 0.3) is 5.82 Å². The lowest BCUT2D eigenvalue weighted by Gasteiger charge is -2.02. The number of aromatic nitrogens is 5. The van der Waals surface area contributed by atoms with Crippen molar-refractivity contribution >= 4 is 28.3 Å². The van der Waals surface area contributed by atoms with Crippen molar-refractivity contribution in [3.8, 4) is 5.82 Å². The second kappa shape index (κ2) is 7.62. The van der Waals surface area contributed by atoms with E-state index in [1.165, 1.54) is 11.3 Å². The van der Waals surface area contributed by atoms with Gasteiger partial charge in [-0.3, -0.25) is 19.5 Å². The standard InChI is InChI=1S/C15H14N6O3S/c1-2-24-13(22)7-10-8-25-15(17-10)18-14(23)11-3-4-12(20-19-11)21-6-5-16-9-21/h3-6,8-9H,2,7H2,1H3,(H,17,18,23). The van der Waals surface area contributed by atoms with Crippen LogP contribution in [0.2, 0.25) is 0 Å². The summed E-state index contributed by atoms with van der Waals surface area (Å²) in [5.74, 6) is -0.228. The Hall–Kier alpha value is -3.14. The molecule has 3 rings (SSSR count). The van der Waals surface area contributed by atoms with Crippen molar-refractivity contribution in [2.45, 2.75) is 13.3 Å². The molecule has 0 aromatic carbocycles. The molecule has 128 valence electrons. The molecule has 0 bridgehead atoms. The zero-order valence-electron chi connectivity index (χ0n) is 13.2. The number of esters is 1. The van der Waals surface area contributed by atoms with E-state index in [9.17, 15) is 9.59 Å². The lowest BCUT2D eigenvalue weighted by Crippen LogP contribution is -2.15. The van der Waals surface area contributed by atoms with Gasteiger partial charge in [-0.05, 0) is 19.1 Å². The number of thiazole rings is 1. The molecule has 0 aliphatic heterocycles. The number of nitrogens with one attached hydrogen (secondary N) is 1. The lowest BCUT2D eigenvalue weighted by atomic mass is 10.3. The fraction of sp³-hybridized carbons (Fsp3) is 0.200. The first-order valence-electron chi connectivity index (χ1n) is 7.39. The number of hydrogen-bond acceptors (Lipinski definition) is 8. The van der Waals surface area contributed by atoms with Crippen LogP contribution in [0.15, 0.2) is 36.2 Å². The highest BCUT2D eigenvalue weighted by Gasteiger charge is 2.13. The summed E-state index contributed by atoms with van der Waals surface area (Å²) >= 11 is 1.22. The van der Waals surface area contributed by atoms with Crippen LogP contribution in [0.5, 0.6) is 0 Å². The number of carbonyl (C=O) groups excluding carboxylic acids is 2. The monoisotopic (exact) mass is 358 g/mol. The fourth-order valence-corrected chi connectivity index (χ4v) is 2.65. The van der Waals surface area contributed by atoms with E-state index < -0.39 is 5.91 Å². The Kier molecular flexibility index (Phi) is 5.09. The summed E-state index contributed by atoms with van der Waals surface area (Å²) < 4.78 is 6.54. The van der Waals surface area contributed by atoms with E-state index in [0.717, 1.165) is 0 Å². The average Bonchev–Trinajstić information content (AvgIpc) is 3.27. The molecule has 3 heterocycles. The maximum atomic E-state index is 12.2. The van der Waals surface area contributed by atoms with Gasteiger partial charge in [0.2, 0.25) is 0 Å². The largest absolute Gasteiger partial charge is 0.466 e. The van der Waals surface area contributed by atoms with E-state index in [1.807, 2.05) is 0 Å². The van der Waals surface area contributed by atoms with Crippen LogP contribution in [0.4, 0.5) is 5.13 Å². The number of anilines is 1. The Bertz CT molecular complexity index is 860. The summed E-state index contributed by atoms with van der Waals surface area (Å²) in [6.07, 6.45) is 5.01. The summed E-state index contributed by atoms with van der Waals surface area (Å²) in [5.41, 5.74) is 0.700. The van der Waals surface area contributed by atoms with Crippen molar-refractivity contribution in [2.75, 3.05) is 11.9 Å². The summed E-state index contributed by atoms with van der Waals surface area (Å²) in [7, 11) is 0. The SMILES string of the molecule is CCOC(=O)Cc1csc(NC(=O)c2ccc(-n3ccnc3)nn2)n1. The molecule has 3 aromatic heterocycles. The first-order chi connectivity index (χ1) is 12.2. The van der Waals surface area contributed by atoms with Gasteiger partial charge in [0.15, 0.2) is 16.6 Å². The number of rotatable bonds is 6. The lowest BCUT2D eigenvalue weighted by molar-refractivity contribution is -0.142. The Morgan fingerprint density at radius 2 is 2.20 bits per heavy atom. The third kappa shape index (κ3) is 4.23. The minimum atomic E-state index is -0.429. The Labute approximate surface area is 146 Å². The molecular formula is C15H14N6O3S. The van der Waals surface area contributed by atoms with Crippen LogP contribution in [0, 0.1) is 0 Å². The molecule has 1 N–H and O–H groups in total. The molecule has 0 aliphatic rings. The minimum absolute atomic E-state index is 0.0691. The van der Waals surface area contributed by atoms with Crippen LogP contribution in [-0.4, -0.2) is 43.2 Å². The first kappa shape index (κ1) is 16.7. The number of hydrogen-bond donors (Lipinski definition) is 1. The Morgan fingerprint density at radius 3 is 2.88 bits per heavy atom. The summed E-state index contributed by atoms with van der Waals surface area (Å²) in [4.78, 5) is 31.7. The van der Waals surface area contributed by atoms with Gasteiger partial charge in [-0.2, -0.15) is 0 Å². The van der Waals surface area contributed by atoms with E-state index in [-0.39, 0.29) is 18.1 Å². The number of nitrogens with zero attached hydrogens (tertiary/aromatic N) is 5. The summed E-state index contributed by atoms with van der Waals surface area (Å²) in [5, 5.41) is 12.6. The number of amides is 1. The Morgan fingerprint density at radius 1 is 1.32 bits per heavy atom. The molecule has 0 fully saturated rings. The quantitative estimate of drug-likeness (QED) is 0.664. The highest BCUT2D eigenvalue weighted by Crippen LogP contribution is 2.17. The highest BCUT2D eigenvalue weighted by atomic mass is 32.1. The van der Waals surface area contributed by atoms with E-state index in [0.29, 0.717) is 23.3 Å². The molecule has 0 spiro atoms. The maximum Gasteiger partial charge on any atom is 0.311 e. The normalized spacial score (nSPS) is 10.4. The number of ether oxygens (including phenoxy) is 1. The van der Waals surface area contributed by atoms with Crippen molar-refractivity contribution < 1.29 is 14.3 Å². The molecule has 10 heteroatoms. The fourth-order valence-electron chi connectivity index (χ4n) is 1.95. The molecule has 0 saturated carbocycles. The molecule has 0 radical (unpaired) electrons. The van der Waals surface area contributed by atoms with Crippen molar-refractivity contribution in [3.63, 3.8) is 0 Å². The smallest absolute Gasteiger partial charge is 0.311 e. The Balaban J connectivity index is 1.62. The summed E-state index contributed by atoms with van der Waals surface area (Å²) in [6.45, 7) is 2.06. The number of carbonyl (C=O) groups is 2. The maximum absolute atomic E-state index is 12.2. The molecule has 1 amide bonds. The van der Waals surface area contributed by atoms with Gasteiger partial charge >= 0.3 is 5.97 Å². The van der Waals surface area contributed by atoms with Gasteiger partial charge in [0.05, 0.1) is 18.7 Å². The average molecular weight is 358 g/mol. The van der Waals surface area contributed by atoms with Crippen molar-refractivity contribution in [2.24, 2.45) is 0 Å². The molecule has 25 heavy (non-hydrogen) atoms. The highest BCUT2D eigenvalue weighted by molar-refractivity contribution is 7.14. The molecule has 3 aromatic rings. The van der Waals surface area contributed by atoms with E-state index in [4.69, 9.17) is 4.74 Å².